The highest BCUT2D eigenvalue weighted by atomic mass is 19.1. The average molecular weight is 232 g/mol. The monoisotopic (exact) mass is 232 g/mol. The van der Waals surface area contributed by atoms with E-state index in [1.807, 2.05) is 0 Å². The fourth-order valence-electron chi connectivity index (χ4n) is 1.18. The van der Waals surface area contributed by atoms with Crippen LogP contribution in [-0.2, 0) is 9.53 Å². The first-order chi connectivity index (χ1) is 7.52. The third-order valence-electron chi connectivity index (χ3n) is 2.00. The summed E-state index contributed by atoms with van der Waals surface area (Å²) in [6.07, 6.45) is -1.81. The lowest BCUT2D eigenvalue weighted by Crippen LogP contribution is -2.15. The first-order valence-corrected chi connectivity index (χ1v) is 4.30. The number of hydrogen-bond acceptors (Lipinski definition) is 4. The number of carbonyl (C=O) groups excluding carboxylic acids is 1. The average Bonchev–Trinajstić information content (AvgIpc) is 2.28. The number of carbonyl (C=O) groups is 1. The van der Waals surface area contributed by atoms with Gasteiger partial charge in [0, 0.05) is 5.56 Å². The molecule has 16 heavy (non-hydrogen) atoms. The molecule has 1 N–H and O–H groups in total. The van der Waals surface area contributed by atoms with Crippen LogP contribution in [0.3, 0.4) is 0 Å². The van der Waals surface area contributed by atoms with Gasteiger partial charge in [0.15, 0.2) is 23.5 Å². The van der Waals surface area contributed by atoms with Gasteiger partial charge in [-0.15, -0.1) is 0 Å². The standard InChI is InChI=1S/C10H10F2O4/c1-15-9-6(11)4-3-5(7(9)12)8(13)10(14)16-2/h3-4,8,13H,1-2H3. The van der Waals surface area contributed by atoms with E-state index in [-0.39, 0.29) is 0 Å². The van der Waals surface area contributed by atoms with Gasteiger partial charge in [-0.2, -0.15) is 0 Å². The van der Waals surface area contributed by atoms with Gasteiger partial charge in [0.05, 0.1) is 14.2 Å². The lowest BCUT2D eigenvalue weighted by atomic mass is 10.1. The number of esters is 1. The van der Waals surface area contributed by atoms with Crippen LogP contribution in [0, 0.1) is 11.6 Å². The van der Waals surface area contributed by atoms with Gasteiger partial charge in [0.1, 0.15) is 0 Å². The highest BCUT2D eigenvalue weighted by molar-refractivity contribution is 5.76. The van der Waals surface area contributed by atoms with Crippen LogP contribution in [0.15, 0.2) is 12.1 Å². The Morgan fingerprint density at radius 1 is 1.38 bits per heavy atom. The van der Waals surface area contributed by atoms with Gasteiger partial charge in [0.2, 0.25) is 0 Å². The molecule has 0 aliphatic rings. The predicted molar refractivity (Wildman–Crippen MR) is 49.9 cm³/mol. The summed E-state index contributed by atoms with van der Waals surface area (Å²) < 4.78 is 35.3. The molecule has 0 saturated heterocycles. The molecule has 1 aromatic carbocycles. The molecule has 88 valence electrons. The predicted octanol–water partition coefficient (Wildman–Crippen LogP) is 1.18. The van der Waals surface area contributed by atoms with Crippen molar-refractivity contribution in [2.45, 2.75) is 6.10 Å². The Balaban J connectivity index is 3.20. The molecule has 0 aliphatic carbocycles. The maximum atomic E-state index is 13.5. The molecule has 0 fully saturated rings. The zero-order chi connectivity index (χ0) is 12.3. The molecule has 1 unspecified atom stereocenters. The largest absolute Gasteiger partial charge is 0.491 e. The molecule has 0 heterocycles. The summed E-state index contributed by atoms with van der Waals surface area (Å²) >= 11 is 0. The molecule has 0 aliphatic heterocycles. The molecule has 6 heteroatoms. The number of hydrogen-bond donors (Lipinski definition) is 1. The van der Waals surface area contributed by atoms with Crippen molar-refractivity contribution in [2.75, 3.05) is 14.2 Å². The summed E-state index contributed by atoms with van der Waals surface area (Å²) in [5, 5.41) is 9.39. The van der Waals surface area contributed by atoms with Gasteiger partial charge in [-0.1, -0.05) is 0 Å². The lowest BCUT2D eigenvalue weighted by molar-refractivity contribution is -0.150. The summed E-state index contributed by atoms with van der Waals surface area (Å²) in [6.45, 7) is 0. The van der Waals surface area contributed by atoms with E-state index in [0.717, 1.165) is 26.4 Å². The molecule has 0 bridgehead atoms. The SMILES string of the molecule is COC(=O)C(O)c1ccc(F)c(OC)c1F. The Hall–Kier alpha value is -1.69. The number of halogens is 2. The minimum absolute atomic E-state index is 0.398. The second-order valence-electron chi connectivity index (χ2n) is 2.91. The van der Waals surface area contributed by atoms with E-state index in [4.69, 9.17) is 0 Å². The maximum absolute atomic E-state index is 13.5. The lowest BCUT2D eigenvalue weighted by Gasteiger charge is -2.12. The summed E-state index contributed by atoms with van der Waals surface area (Å²) in [6, 6.07) is 1.85. The van der Waals surface area contributed by atoms with Crippen molar-refractivity contribution in [3.8, 4) is 5.75 Å². The van der Waals surface area contributed by atoms with E-state index in [1.54, 1.807) is 0 Å². The number of ether oxygens (including phenoxy) is 2. The Kier molecular flexibility index (Phi) is 3.78. The van der Waals surface area contributed by atoms with Crippen LogP contribution >= 0.6 is 0 Å². The molecule has 4 nitrogen and oxygen atoms in total. The van der Waals surface area contributed by atoms with Crippen LogP contribution in [0.2, 0.25) is 0 Å². The van der Waals surface area contributed by atoms with Crippen molar-refractivity contribution in [1.29, 1.82) is 0 Å². The fourth-order valence-corrected chi connectivity index (χ4v) is 1.18. The fraction of sp³-hybridized carbons (Fsp3) is 0.300. The number of methoxy groups -OCH3 is 2. The quantitative estimate of drug-likeness (QED) is 0.795. The van der Waals surface area contributed by atoms with Gasteiger partial charge in [-0.25, -0.2) is 13.6 Å². The van der Waals surface area contributed by atoms with Gasteiger partial charge in [-0.3, -0.25) is 0 Å². The molecule has 0 spiro atoms. The van der Waals surface area contributed by atoms with Crippen molar-refractivity contribution in [2.24, 2.45) is 0 Å². The minimum Gasteiger partial charge on any atom is -0.491 e. The number of benzene rings is 1. The Bertz CT molecular complexity index is 406. The normalized spacial score (nSPS) is 12.1. The van der Waals surface area contributed by atoms with Crippen LogP contribution in [0.4, 0.5) is 8.78 Å². The van der Waals surface area contributed by atoms with Crippen molar-refractivity contribution in [1.82, 2.24) is 0 Å². The van der Waals surface area contributed by atoms with Crippen molar-refractivity contribution in [3.63, 3.8) is 0 Å². The first-order valence-electron chi connectivity index (χ1n) is 4.30. The summed E-state index contributed by atoms with van der Waals surface area (Å²) in [5.74, 6) is -3.73. The Morgan fingerprint density at radius 2 is 2.00 bits per heavy atom. The number of aliphatic hydroxyl groups is 1. The molecule has 0 aromatic heterocycles. The van der Waals surface area contributed by atoms with E-state index >= 15 is 0 Å². The molecule has 0 radical (unpaired) electrons. The zero-order valence-electron chi connectivity index (χ0n) is 8.66. The van der Waals surface area contributed by atoms with Gasteiger partial charge in [0.25, 0.3) is 0 Å². The van der Waals surface area contributed by atoms with Crippen molar-refractivity contribution >= 4 is 5.97 Å². The summed E-state index contributed by atoms with van der Waals surface area (Å²) in [5.41, 5.74) is -0.398. The van der Waals surface area contributed by atoms with E-state index in [9.17, 15) is 18.7 Å². The van der Waals surface area contributed by atoms with Crippen molar-refractivity contribution < 1.29 is 28.2 Å². The van der Waals surface area contributed by atoms with Crippen LogP contribution in [0.25, 0.3) is 0 Å². The van der Waals surface area contributed by atoms with Crippen molar-refractivity contribution in [3.05, 3.63) is 29.3 Å². The number of aliphatic hydroxyl groups excluding tert-OH is 1. The maximum Gasteiger partial charge on any atom is 0.339 e. The Morgan fingerprint density at radius 3 is 2.50 bits per heavy atom. The molecule has 1 rings (SSSR count). The Labute approximate surface area is 90.4 Å². The van der Waals surface area contributed by atoms with Crippen LogP contribution in [0.1, 0.15) is 11.7 Å². The highest BCUT2D eigenvalue weighted by Crippen LogP contribution is 2.28. The van der Waals surface area contributed by atoms with E-state index in [2.05, 4.69) is 9.47 Å². The second kappa shape index (κ2) is 4.89. The second-order valence-corrected chi connectivity index (χ2v) is 2.91. The minimum atomic E-state index is -1.81. The van der Waals surface area contributed by atoms with Crippen LogP contribution < -0.4 is 4.74 Å². The molecule has 0 amide bonds. The van der Waals surface area contributed by atoms with Gasteiger partial charge >= 0.3 is 5.97 Å². The first kappa shape index (κ1) is 12.4. The summed E-state index contributed by atoms with van der Waals surface area (Å²) in [7, 11) is 2.13. The van der Waals surface area contributed by atoms with Crippen LogP contribution in [-0.4, -0.2) is 25.3 Å². The number of rotatable bonds is 3. The molecule has 1 atom stereocenters. The van der Waals surface area contributed by atoms with E-state index in [0.29, 0.717) is 0 Å². The molecular weight excluding hydrogens is 222 g/mol. The third-order valence-corrected chi connectivity index (χ3v) is 2.00. The smallest absolute Gasteiger partial charge is 0.339 e. The van der Waals surface area contributed by atoms with Crippen LogP contribution in [0.5, 0.6) is 5.75 Å². The summed E-state index contributed by atoms with van der Waals surface area (Å²) in [4.78, 5) is 11.0. The van der Waals surface area contributed by atoms with E-state index in [1.165, 1.54) is 0 Å². The molecular formula is C10H10F2O4. The van der Waals surface area contributed by atoms with Gasteiger partial charge in [-0.05, 0) is 12.1 Å². The van der Waals surface area contributed by atoms with E-state index < -0.39 is 35.0 Å². The van der Waals surface area contributed by atoms with Gasteiger partial charge < -0.3 is 14.6 Å². The topological polar surface area (TPSA) is 55.8 Å². The zero-order valence-corrected chi connectivity index (χ0v) is 8.66. The molecule has 0 saturated carbocycles. The molecule has 1 aromatic rings. The highest BCUT2D eigenvalue weighted by Gasteiger charge is 2.25. The third kappa shape index (κ3) is 2.11.